The van der Waals surface area contributed by atoms with Gasteiger partial charge in [-0.25, -0.2) is 4.79 Å². The van der Waals surface area contributed by atoms with Crippen molar-refractivity contribution < 1.29 is 4.79 Å². The number of benzene rings is 2. The number of anilines is 2. The highest BCUT2D eigenvalue weighted by atomic mass is 32.1. The maximum Gasteiger partial charge on any atom is 0.325 e. The lowest BCUT2D eigenvalue weighted by molar-refractivity contribution is 0.262. The molecular weight excluding hydrogens is 320 g/mol. The standard InChI is InChI=1S/C18H18N4OS/c1-2-15(13-9-5-3-6-10-13)16-21-22-18(24-16)20-17(23)19-14-11-7-4-8-12-14/h3-12,15H,2H2,1H3,(H2,19,20,22,23)/t15-/m0/s1. The molecule has 2 amide bonds. The Labute approximate surface area is 144 Å². The van der Waals surface area contributed by atoms with Gasteiger partial charge < -0.3 is 5.32 Å². The monoisotopic (exact) mass is 338 g/mol. The number of nitrogens with zero attached hydrogens (tertiary/aromatic N) is 2. The van der Waals surface area contributed by atoms with Gasteiger partial charge in [0.2, 0.25) is 5.13 Å². The normalized spacial score (nSPS) is 11.7. The Kier molecular flexibility index (Phi) is 5.18. The summed E-state index contributed by atoms with van der Waals surface area (Å²) in [4.78, 5) is 12.0. The fourth-order valence-corrected chi connectivity index (χ4v) is 3.40. The number of hydrogen-bond acceptors (Lipinski definition) is 4. The highest BCUT2D eigenvalue weighted by molar-refractivity contribution is 7.15. The number of rotatable bonds is 5. The second-order valence-corrected chi connectivity index (χ2v) is 6.27. The Bertz CT molecular complexity index is 789. The number of urea groups is 1. The Hall–Kier alpha value is -2.73. The number of amides is 2. The summed E-state index contributed by atoms with van der Waals surface area (Å²) in [6.45, 7) is 2.12. The van der Waals surface area contributed by atoms with Gasteiger partial charge in [-0.2, -0.15) is 0 Å². The van der Waals surface area contributed by atoms with Crippen LogP contribution in [0.4, 0.5) is 15.6 Å². The van der Waals surface area contributed by atoms with Crippen LogP contribution >= 0.6 is 11.3 Å². The number of carbonyl (C=O) groups is 1. The molecule has 6 heteroatoms. The van der Waals surface area contributed by atoms with Crippen LogP contribution in [0.1, 0.15) is 29.8 Å². The first kappa shape index (κ1) is 16.1. The summed E-state index contributed by atoms with van der Waals surface area (Å²) >= 11 is 1.41. The fourth-order valence-electron chi connectivity index (χ4n) is 2.45. The van der Waals surface area contributed by atoms with Gasteiger partial charge in [-0.3, -0.25) is 5.32 Å². The first-order valence-corrected chi connectivity index (χ1v) is 8.59. The second-order valence-electron chi connectivity index (χ2n) is 5.26. The van der Waals surface area contributed by atoms with E-state index in [9.17, 15) is 4.79 Å². The molecule has 0 aliphatic rings. The van der Waals surface area contributed by atoms with E-state index < -0.39 is 0 Å². The van der Waals surface area contributed by atoms with Crippen molar-refractivity contribution in [1.29, 1.82) is 0 Å². The maximum absolute atomic E-state index is 12.0. The van der Waals surface area contributed by atoms with E-state index in [-0.39, 0.29) is 11.9 Å². The zero-order chi connectivity index (χ0) is 16.8. The molecule has 122 valence electrons. The van der Waals surface area contributed by atoms with Gasteiger partial charge in [-0.05, 0) is 24.1 Å². The maximum atomic E-state index is 12.0. The topological polar surface area (TPSA) is 66.9 Å². The largest absolute Gasteiger partial charge is 0.325 e. The van der Waals surface area contributed by atoms with Crippen LogP contribution in [0, 0.1) is 0 Å². The van der Waals surface area contributed by atoms with Crippen molar-refractivity contribution in [2.75, 3.05) is 10.6 Å². The summed E-state index contributed by atoms with van der Waals surface area (Å²) in [5.41, 5.74) is 1.94. The lowest BCUT2D eigenvalue weighted by atomic mass is 9.97. The van der Waals surface area contributed by atoms with Crippen molar-refractivity contribution in [2.24, 2.45) is 0 Å². The van der Waals surface area contributed by atoms with Crippen molar-refractivity contribution in [2.45, 2.75) is 19.3 Å². The number of para-hydroxylation sites is 1. The number of hydrogen-bond donors (Lipinski definition) is 2. The second kappa shape index (κ2) is 7.70. The van der Waals surface area contributed by atoms with E-state index in [1.807, 2.05) is 48.5 Å². The first-order chi connectivity index (χ1) is 11.8. The average molecular weight is 338 g/mol. The van der Waals surface area contributed by atoms with Crippen LogP contribution in [0.3, 0.4) is 0 Å². The van der Waals surface area contributed by atoms with E-state index in [1.54, 1.807) is 0 Å². The Morgan fingerprint density at radius 2 is 1.67 bits per heavy atom. The van der Waals surface area contributed by atoms with E-state index in [4.69, 9.17) is 0 Å². The van der Waals surface area contributed by atoms with Crippen molar-refractivity contribution in [3.05, 3.63) is 71.2 Å². The van der Waals surface area contributed by atoms with Crippen LogP contribution in [-0.4, -0.2) is 16.2 Å². The Balaban J connectivity index is 1.68. The zero-order valence-corrected chi connectivity index (χ0v) is 14.1. The summed E-state index contributed by atoms with van der Waals surface area (Å²) in [5, 5.41) is 15.2. The molecule has 3 aromatic rings. The van der Waals surface area contributed by atoms with Crippen molar-refractivity contribution in [1.82, 2.24) is 10.2 Å². The van der Waals surface area contributed by atoms with Crippen LogP contribution in [0.15, 0.2) is 60.7 Å². The van der Waals surface area contributed by atoms with Crippen LogP contribution in [-0.2, 0) is 0 Å². The number of nitrogens with one attached hydrogen (secondary N) is 2. The van der Waals surface area contributed by atoms with Gasteiger partial charge in [0.05, 0.1) is 0 Å². The third-order valence-corrected chi connectivity index (χ3v) is 4.55. The molecule has 5 nitrogen and oxygen atoms in total. The third kappa shape index (κ3) is 3.97. The molecular formula is C18H18N4OS. The lowest BCUT2D eigenvalue weighted by Crippen LogP contribution is -2.19. The summed E-state index contributed by atoms with van der Waals surface area (Å²) in [7, 11) is 0. The molecule has 0 radical (unpaired) electrons. The van der Waals surface area contributed by atoms with Gasteiger partial charge in [0.25, 0.3) is 0 Å². The Morgan fingerprint density at radius 1 is 1.00 bits per heavy atom. The fraction of sp³-hybridized carbons (Fsp3) is 0.167. The summed E-state index contributed by atoms with van der Waals surface area (Å²) < 4.78 is 0. The molecule has 0 fully saturated rings. The molecule has 0 unspecified atom stereocenters. The molecule has 0 spiro atoms. The highest BCUT2D eigenvalue weighted by Gasteiger charge is 2.17. The van der Waals surface area contributed by atoms with Gasteiger partial charge in [0.15, 0.2) is 0 Å². The quantitative estimate of drug-likeness (QED) is 0.707. The molecule has 1 atom stereocenters. The Morgan fingerprint density at radius 3 is 2.33 bits per heavy atom. The molecule has 3 rings (SSSR count). The minimum Gasteiger partial charge on any atom is -0.308 e. The van der Waals surface area contributed by atoms with Crippen LogP contribution < -0.4 is 10.6 Å². The SMILES string of the molecule is CC[C@@H](c1ccccc1)c1nnc(NC(=O)Nc2ccccc2)s1. The van der Waals surface area contributed by atoms with E-state index in [0.717, 1.165) is 17.1 Å². The zero-order valence-electron chi connectivity index (χ0n) is 13.3. The van der Waals surface area contributed by atoms with Gasteiger partial charge in [-0.15, -0.1) is 10.2 Å². The van der Waals surface area contributed by atoms with Crippen LogP contribution in [0.2, 0.25) is 0 Å². The third-order valence-electron chi connectivity index (χ3n) is 3.60. The molecule has 24 heavy (non-hydrogen) atoms. The van der Waals surface area contributed by atoms with Gasteiger partial charge in [0, 0.05) is 11.6 Å². The van der Waals surface area contributed by atoms with Crippen LogP contribution in [0.25, 0.3) is 0 Å². The molecule has 1 heterocycles. The summed E-state index contributed by atoms with van der Waals surface area (Å²) in [5.74, 6) is 0.191. The molecule has 1 aromatic heterocycles. The van der Waals surface area contributed by atoms with Gasteiger partial charge in [0.1, 0.15) is 5.01 Å². The van der Waals surface area contributed by atoms with Crippen LogP contribution in [0.5, 0.6) is 0 Å². The predicted molar refractivity (Wildman–Crippen MR) is 97.6 cm³/mol. The minimum atomic E-state index is -0.323. The summed E-state index contributed by atoms with van der Waals surface area (Å²) in [6.07, 6.45) is 0.925. The highest BCUT2D eigenvalue weighted by Crippen LogP contribution is 2.31. The van der Waals surface area contributed by atoms with Gasteiger partial charge >= 0.3 is 6.03 Å². The van der Waals surface area contributed by atoms with Gasteiger partial charge in [-0.1, -0.05) is 66.8 Å². The molecule has 0 aliphatic heterocycles. The van der Waals surface area contributed by atoms with E-state index >= 15 is 0 Å². The van der Waals surface area contributed by atoms with E-state index in [1.165, 1.54) is 16.9 Å². The molecule has 0 aliphatic carbocycles. The summed E-state index contributed by atoms with van der Waals surface area (Å²) in [6, 6.07) is 19.2. The smallest absolute Gasteiger partial charge is 0.308 e. The number of aromatic nitrogens is 2. The molecule has 0 saturated heterocycles. The predicted octanol–water partition coefficient (Wildman–Crippen LogP) is 4.72. The molecule has 2 aromatic carbocycles. The van der Waals surface area contributed by atoms with Crippen molar-refractivity contribution >= 4 is 28.2 Å². The van der Waals surface area contributed by atoms with E-state index in [2.05, 4.69) is 39.9 Å². The molecule has 2 N–H and O–H groups in total. The average Bonchev–Trinajstić information content (AvgIpc) is 3.05. The molecule has 0 bridgehead atoms. The lowest BCUT2D eigenvalue weighted by Gasteiger charge is -2.11. The minimum absolute atomic E-state index is 0.191. The number of carbonyl (C=O) groups excluding carboxylic acids is 1. The van der Waals surface area contributed by atoms with Crippen molar-refractivity contribution in [3.8, 4) is 0 Å². The molecule has 0 saturated carbocycles. The van der Waals surface area contributed by atoms with E-state index in [0.29, 0.717) is 5.13 Å². The van der Waals surface area contributed by atoms with Crippen molar-refractivity contribution in [3.63, 3.8) is 0 Å². The first-order valence-electron chi connectivity index (χ1n) is 7.77.